The Morgan fingerprint density at radius 3 is 3.05 bits per heavy atom. The number of fused-ring (bicyclic) bond motifs is 1. The van der Waals surface area contributed by atoms with Gasteiger partial charge < -0.3 is 5.32 Å². The molecule has 4 nitrogen and oxygen atoms in total. The van der Waals surface area contributed by atoms with Crippen molar-refractivity contribution in [3.63, 3.8) is 0 Å². The first-order valence-electron chi connectivity index (χ1n) is 8.07. The van der Waals surface area contributed by atoms with Crippen LogP contribution in [0.3, 0.4) is 0 Å². The molecule has 4 heteroatoms. The molecule has 0 bridgehead atoms. The number of rotatable bonds is 4. The molecule has 0 radical (unpaired) electrons. The van der Waals surface area contributed by atoms with Gasteiger partial charge in [-0.3, -0.25) is 9.48 Å². The van der Waals surface area contributed by atoms with Crippen molar-refractivity contribution in [2.24, 2.45) is 7.05 Å². The maximum absolute atomic E-state index is 12.4. The van der Waals surface area contributed by atoms with Gasteiger partial charge in [0.1, 0.15) is 0 Å². The van der Waals surface area contributed by atoms with Gasteiger partial charge in [-0.15, -0.1) is 0 Å². The summed E-state index contributed by atoms with van der Waals surface area (Å²) in [6, 6.07) is 8.60. The van der Waals surface area contributed by atoms with E-state index in [4.69, 9.17) is 0 Å². The Morgan fingerprint density at radius 1 is 1.41 bits per heavy atom. The Hall–Kier alpha value is -2.10. The summed E-state index contributed by atoms with van der Waals surface area (Å²) in [5.74, 6) is 0.420. The smallest absolute Gasteiger partial charge is 0.254 e. The lowest BCUT2D eigenvalue weighted by Gasteiger charge is -2.25. The summed E-state index contributed by atoms with van der Waals surface area (Å²) in [6.07, 6.45) is 6.08. The Balaban J connectivity index is 1.69. The largest absolute Gasteiger partial charge is 0.351 e. The van der Waals surface area contributed by atoms with Crippen LogP contribution in [0, 0.1) is 0 Å². The highest BCUT2D eigenvalue weighted by Crippen LogP contribution is 2.30. The molecule has 116 valence electrons. The minimum absolute atomic E-state index is 0.00648. The zero-order valence-electron chi connectivity index (χ0n) is 13.3. The van der Waals surface area contributed by atoms with Crippen molar-refractivity contribution in [1.82, 2.24) is 15.1 Å². The first-order valence-corrected chi connectivity index (χ1v) is 8.07. The van der Waals surface area contributed by atoms with Crippen LogP contribution in [0.25, 0.3) is 0 Å². The van der Waals surface area contributed by atoms with Gasteiger partial charge in [0.2, 0.25) is 0 Å². The van der Waals surface area contributed by atoms with E-state index in [2.05, 4.69) is 34.7 Å². The summed E-state index contributed by atoms with van der Waals surface area (Å²) in [7, 11) is 1.85. The Morgan fingerprint density at radius 2 is 2.23 bits per heavy atom. The molecular weight excluding hydrogens is 274 g/mol. The molecule has 3 rings (SSSR count). The van der Waals surface area contributed by atoms with Crippen molar-refractivity contribution < 1.29 is 4.79 Å². The van der Waals surface area contributed by atoms with Gasteiger partial charge >= 0.3 is 0 Å². The maximum atomic E-state index is 12.4. The zero-order chi connectivity index (χ0) is 15.5. The summed E-state index contributed by atoms with van der Waals surface area (Å²) in [5.41, 5.74) is 4.40. The van der Waals surface area contributed by atoms with Crippen LogP contribution in [-0.2, 0) is 19.9 Å². The van der Waals surface area contributed by atoms with E-state index in [1.165, 1.54) is 17.5 Å². The average Bonchev–Trinajstić information content (AvgIpc) is 2.93. The summed E-state index contributed by atoms with van der Waals surface area (Å²) in [6.45, 7) is 2.73. The Labute approximate surface area is 131 Å². The second-order valence-electron chi connectivity index (χ2n) is 6.01. The van der Waals surface area contributed by atoms with Crippen molar-refractivity contribution in [2.45, 2.75) is 38.5 Å². The standard InChI is InChI=1S/C18H23N3O/c1-3-17-16(12-21(2)20-17)18(22)19-11-14-9-6-8-13-7-4-5-10-15(13)14/h4-5,7,10,12,14H,3,6,8-9,11H2,1-2H3,(H,19,22). The fourth-order valence-corrected chi connectivity index (χ4v) is 3.36. The maximum Gasteiger partial charge on any atom is 0.254 e. The van der Waals surface area contributed by atoms with Crippen molar-refractivity contribution in [1.29, 1.82) is 0 Å². The van der Waals surface area contributed by atoms with Crippen LogP contribution in [0.2, 0.25) is 0 Å². The van der Waals surface area contributed by atoms with Gasteiger partial charge in [-0.2, -0.15) is 5.10 Å². The number of hydrogen-bond donors (Lipinski definition) is 1. The number of carbonyl (C=O) groups is 1. The molecule has 1 amide bonds. The molecule has 1 aromatic heterocycles. The molecule has 1 unspecified atom stereocenters. The lowest BCUT2D eigenvalue weighted by atomic mass is 9.83. The topological polar surface area (TPSA) is 46.9 Å². The number of benzene rings is 1. The molecule has 0 spiro atoms. The van der Waals surface area contributed by atoms with Crippen molar-refractivity contribution >= 4 is 5.91 Å². The number of aryl methyl sites for hydroxylation is 3. The second kappa shape index (κ2) is 6.34. The van der Waals surface area contributed by atoms with E-state index < -0.39 is 0 Å². The third-order valence-electron chi connectivity index (χ3n) is 4.49. The highest BCUT2D eigenvalue weighted by molar-refractivity contribution is 5.95. The normalized spacial score (nSPS) is 17.1. The first-order chi connectivity index (χ1) is 10.7. The number of amides is 1. The van der Waals surface area contributed by atoms with E-state index in [0.717, 1.165) is 25.0 Å². The monoisotopic (exact) mass is 297 g/mol. The number of nitrogens with one attached hydrogen (secondary N) is 1. The van der Waals surface area contributed by atoms with Crippen LogP contribution in [-0.4, -0.2) is 22.2 Å². The fourth-order valence-electron chi connectivity index (χ4n) is 3.36. The Bertz CT molecular complexity index is 675. The van der Waals surface area contributed by atoms with Gasteiger partial charge in [-0.05, 0) is 36.8 Å². The van der Waals surface area contributed by atoms with Gasteiger partial charge in [-0.25, -0.2) is 0 Å². The number of carbonyl (C=O) groups excluding carboxylic acids is 1. The van der Waals surface area contributed by atoms with Crippen LogP contribution >= 0.6 is 0 Å². The third-order valence-corrected chi connectivity index (χ3v) is 4.49. The highest BCUT2D eigenvalue weighted by atomic mass is 16.1. The molecule has 1 heterocycles. The summed E-state index contributed by atoms with van der Waals surface area (Å²) in [5, 5.41) is 7.44. The SMILES string of the molecule is CCc1nn(C)cc1C(=O)NCC1CCCc2ccccc21. The molecule has 0 fully saturated rings. The van der Waals surface area contributed by atoms with E-state index in [-0.39, 0.29) is 5.91 Å². The fraction of sp³-hybridized carbons (Fsp3) is 0.444. The van der Waals surface area contributed by atoms with E-state index >= 15 is 0 Å². The van der Waals surface area contributed by atoms with E-state index in [0.29, 0.717) is 18.0 Å². The van der Waals surface area contributed by atoms with Crippen LogP contribution in [0.4, 0.5) is 0 Å². The van der Waals surface area contributed by atoms with Crippen molar-refractivity contribution in [3.05, 3.63) is 52.8 Å². The molecule has 2 aromatic rings. The molecule has 22 heavy (non-hydrogen) atoms. The van der Waals surface area contributed by atoms with Gasteiger partial charge in [0, 0.05) is 25.7 Å². The van der Waals surface area contributed by atoms with Crippen molar-refractivity contribution in [3.8, 4) is 0 Å². The molecule has 1 N–H and O–H groups in total. The minimum atomic E-state index is -0.00648. The summed E-state index contributed by atoms with van der Waals surface area (Å²) in [4.78, 5) is 12.4. The number of hydrogen-bond acceptors (Lipinski definition) is 2. The molecular formula is C18H23N3O. The van der Waals surface area contributed by atoms with Gasteiger partial charge in [0.05, 0.1) is 11.3 Å². The first kappa shape index (κ1) is 14.8. The van der Waals surface area contributed by atoms with Crippen molar-refractivity contribution in [2.75, 3.05) is 6.54 Å². The number of nitrogens with zero attached hydrogens (tertiary/aromatic N) is 2. The van der Waals surface area contributed by atoms with Crippen LogP contribution in [0.1, 0.15) is 52.9 Å². The van der Waals surface area contributed by atoms with Gasteiger partial charge in [0.25, 0.3) is 5.91 Å². The summed E-state index contributed by atoms with van der Waals surface area (Å²) < 4.78 is 1.71. The minimum Gasteiger partial charge on any atom is -0.351 e. The zero-order valence-corrected chi connectivity index (χ0v) is 13.3. The Kier molecular flexibility index (Phi) is 4.27. The lowest BCUT2D eigenvalue weighted by molar-refractivity contribution is 0.0949. The van der Waals surface area contributed by atoms with E-state index in [9.17, 15) is 4.79 Å². The average molecular weight is 297 g/mol. The number of aromatic nitrogens is 2. The molecule has 1 atom stereocenters. The predicted octanol–water partition coefficient (Wildman–Crippen LogP) is 2.83. The molecule has 1 aromatic carbocycles. The summed E-state index contributed by atoms with van der Waals surface area (Å²) >= 11 is 0. The van der Waals surface area contributed by atoms with E-state index in [1.54, 1.807) is 4.68 Å². The third kappa shape index (κ3) is 2.91. The van der Waals surface area contributed by atoms with Gasteiger partial charge in [-0.1, -0.05) is 31.2 Å². The molecule has 0 aliphatic heterocycles. The lowest BCUT2D eigenvalue weighted by Crippen LogP contribution is -2.30. The van der Waals surface area contributed by atoms with Gasteiger partial charge in [0.15, 0.2) is 0 Å². The highest BCUT2D eigenvalue weighted by Gasteiger charge is 2.21. The predicted molar refractivity (Wildman–Crippen MR) is 87.0 cm³/mol. The quantitative estimate of drug-likeness (QED) is 0.943. The van der Waals surface area contributed by atoms with Crippen LogP contribution < -0.4 is 5.32 Å². The second-order valence-corrected chi connectivity index (χ2v) is 6.01. The molecule has 1 aliphatic rings. The van der Waals surface area contributed by atoms with E-state index in [1.807, 2.05) is 20.2 Å². The van der Waals surface area contributed by atoms with Crippen LogP contribution in [0.5, 0.6) is 0 Å². The molecule has 1 aliphatic carbocycles. The van der Waals surface area contributed by atoms with Crippen LogP contribution in [0.15, 0.2) is 30.5 Å². The molecule has 0 saturated heterocycles. The molecule has 0 saturated carbocycles.